The molecule has 0 aliphatic heterocycles. The van der Waals surface area contributed by atoms with E-state index < -0.39 is 0 Å². The Balaban J connectivity index is 1.76. The van der Waals surface area contributed by atoms with E-state index in [2.05, 4.69) is 10.3 Å². The molecule has 1 fully saturated rings. The molecule has 1 amide bonds. The van der Waals surface area contributed by atoms with Gasteiger partial charge in [0.05, 0.1) is 22.5 Å². The zero-order chi connectivity index (χ0) is 14.1. The molecule has 2 aromatic rings. The van der Waals surface area contributed by atoms with E-state index in [1.807, 2.05) is 12.1 Å². The maximum Gasteiger partial charge on any atom is 0.257 e. The molecule has 102 valence electrons. The van der Waals surface area contributed by atoms with E-state index in [-0.39, 0.29) is 5.91 Å². The summed E-state index contributed by atoms with van der Waals surface area (Å²) in [6.45, 7) is 0. The lowest BCUT2D eigenvalue weighted by Crippen LogP contribution is -2.13. The molecule has 1 heterocycles. The molecule has 3 N–H and O–H groups in total. The number of rotatable bonds is 3. The number of hydrogen-bond acceptors (Lipinski definition) is 3. The number of nitrogen functional groups attached to an aromatic ring is 1. The van der Waals surface area contributed by atoms with Gasteiger partial charge in [0.15, 0.2) is 0 Å². The van der Waals surface area contributed by atoms with Gasteiger partial charge in [0.2, 0.25) is 0 Å². The van der Waals surface area contributed by atoms with Gasteiger partial charge in [-0.05, 0) is 43.2 Å². The number of hydrogen-bond donors (Lipinski definition) is 2. The van der Waals surface area contributed by atoms with Crippen LogP contribution >= 0.6 is 11.6 Å². The van der Waals surface area contributed by atoms with Gasteiger partial charge in [0.25, 0.3) is 5.91 Å². The smallest absolute Gasteiger partial charge is 0.257 e. The van der Waals surface area contributed by atoms with Crippen LogP contribution in [0.5, 0.6) is 0 Å². The minimum atomic E-state index is -0.289. The fourth-order valence-corrected chi connectivity index (χ4v) is 2.22. The van der Waals surface area contributed by atoms with Crippen LogP contribution in [0.4, 0.5) is 11.4 Å². The van der Waals surface area contributed by atoms with Gasteiger partial charge >= 0.3 is 0 Å². The highest BCUT2D eigenvalue weighted by atomic mass is 35.5. The standard InChI is InChI=1S/C15H14ClN3O/c16-13-5-3-10(17)7-12(13)15(20)19-11-4-6-14(18-8-11)9-1-2-9/h3-9H,1-2,17H2,(H,19,20). The van der Waals surface area contributed by atoms with Crippen molar-refractivity contribution in [2.75, 3.05) is 11.1 Å². The molecule has 3 rings (SSSR count). The molecule has 4 nitrogen and oxygen atoms in total. The Morgan fingerprint density at radius 2 is 2.10 bits per heavy atom. The maximum absolute atomic E-state index is 12.1. The van der Waals surface area contributed by atoms with Gasteiger partial charge in [-0.2, -0.15) is 0 Å². The van der Waals surface area contributed by atoms with E-state index in [1.54, 1.807) is 24.4 Å². The normalized spacial score (nSPS) is 14.1. The summed E-state index contributed by atoms with van der Waals surface area (Å²) in [6.07, 6.45) is 4.08. The number of benzene rings is 1. The highest BCUT2D eigenvalue weighted by Gasteiger charge is 2.24. The first-order valence-electron chi connectivity index (χ1n) is 6.46. The first-order valence-corrected chi connectivity index (χ1v) is 6.83. The largest absolute Gasteiger partial charge is 0.399 e. The molecule has 1 aliphatic rings. The van der Waals surface area contributed by atoms with Crippen molar-refractivity contribution in [1.82, 2.24) is 4.98 Å². The van der Waals surface area contributed by atoms with Crippen molar-refractivity contribution in [2.45, 2.75) is 18.8 Å². The van der Waals surface area contributed by atoms with Crippen LogP contribution in [0.15, 0.2) is 36.5 Å². The molecule has 0 bridgehead atoms. The molecular formula is C15H14ClN3O. The maximum atomic E-state index is 12.1. The molecule has 0 spiro atoms. The highest BCUT2D eigenvalue weighted by molar-refractivity contribution is 6.34. The lowest BCUT2D eigenvalue weighted by atomic mass is 10.2. The second-order valence-electron chi connectivity index (χ2n) is 4.94. The Morgan fingerprint density at radius 3 is 2.75 bits per heavy atom. The van der Waals surface area contributed by atoms with Gasteiger partial charge in [-0.1, -0.05) is 11.6 Å². The van der Waals surface area contributed by atoms with Crippen LogP contribution in [0.3, 0.4) is 0 Å². The summed E-state index contributed by atoms with van der Waals surface area (Å²) in [5.74, 6) is 0.311. The number of halogens is 1. The van der Waals surface area contributed by atoms with Crippen molar-refractivity contribution in [1.29, 1.82) is 0 Å². The quantitative estimate of drug-likeness (QED) is 0.850. The fraction of sp³-hybridized carbons (Fsp3) is 0.200. The summed E-state index contributed by atoms with van der Waals surface area (Å²) in [7, 11) is 0. The van der Waals surface area contributed by atoms with Crippen LogP contribution in [0.25, 0.3) is 0 Å². The zero-order valence-electron chi connectivity index (χ0n) is 10.8. The SMILES string of the molecule is Nc1ccc(Cl)c(C(=O)Nc2ccc(C3CC3)nc2)c1. The summed E-state index contributed by atoms with van der Waals surface area (Å²) in [4.78, 5) is 16.5. The van der Waals surface area contributed by atoms with E-state index in [4.69, 9.17) is 17.3 Å². The number of anilines is 2. The van der Waals surface area contributed by atoms with Crippen LogP contribution < -0.4 is 11.1 Å². The molecule has 5 heteroatoms. The zero-order valence-corrected chi connectivity index (χ0v) is 11.5. The number of aromatic nitrogens is 1. The molecule has 0 unspecified atom stereocenters. The first kappa shape index (κ1) is 12.9. The van der Waals surface area contributed by atoms with Crippen LogP contribution in [-0.4, -0.2) is 10.9 Å². The summed E-state index contributed by atoms with van der Waals surface area (Å²) in [6, 6.07) is 8.64. The van der Waals surface area contributed by atoms with Crippen molar-refractivity contribution in [3.8, 4) is 0 Å². The van der Waals surface area contributed by atoms with Crippen molar-refractivity contribution in [2.24, 2.45) is 0 Å². The van der Waals surface area contributed by atoms with Gasteiger partial charge < -0.3 is 11.1 Å². The molecule has 1 aromatic heterocycles. The third-order valence-corrected chi connectivity index (χ3v) is 3.60. The van der Waals surface area contributed by atoms with Crippen molar-refractivity contribution >= 4 is 28.9 Å². The number of pyridine rings is 1. The van der Waals surface area contributed by atoms with Gasteiger partial charge in [0, 0.05) is 17.3 Å². The van der Waals surface area contributed by atoms with E-state index in [0.29, 0.717) is 27.9 Å². The second kappa shape index (κ2) is 5.13. The minimum Gasteiger partial charge on any atom is -0.399 e. The van der Waals surface area contributed by atoms with E-state index >= 15 is 0 Å². The Labute approximate surface area is 122 Å². The number of carbonyl (C=O) groups is 1. The lowest BCUT2D eigenvalue weighted by molar-refractivity contribution is 0.102. The third-order valence-electron chi connectivity index (χ3n) is 3.27. The summed E-state index contributed by atoms with van der Waals surface area (Å²) in [5.41, 5.74) is 8.27. The van der Waals surface area contributed by atoms with E-state index in [1.165, 1.54) is 12.8 Å². The van der Waals surface area contributed by atoms with Gasteiger partial charge in [-0.15, -0.1) is 0 Å². The van der Waals surface area contributed by atoms with Crippen LogP contribution in [0.1, 0.15) is 34.8 Å². The van der Waals surface area contributed by atoms with Gasteiger partial charge in [-0.25, -0.2) is 0 Å². The Kier molecular flexibility index (Phi) is 3.32. The minimum absolute atomic E-state index is 0.289. The Bertz CT molecular complexity index is 651. The van der Waals surface area contributed by atoms with Crippen molar-refractivity contribution in [3.05, 3.63) is 52.8 Å². The summed E-state index contributed by atoms with van der Waals surface area (Å²) >= 11 is 6.00. The Hall–Kier alpha value is -2.07. The van der Waals surface area contributed by atoms with Crippen LogP contribution in [0.2, 0.25) is 5.02 Å². The number of carbonyl (C=O) groups excluding carboxylic acids is 1. The molecule has 20 heavy (non-hydrogen) atoms. The molecule has 0 saturated heterocycles. The molecule has 0 radical (unpaired) electrons. The predicted molar refractivity (Wildman–Crippen MR) is 80.0 cm³/mol. The van der Waals surface area contributed by atoms with E-state index in [0.717, 1.165) is 5.69 Å². The highest BCUT2D eigenvalue weighted by Crippen LogP contribution is 2.38. The van der Waals surface area contributed by atoms with Gasteiger partial charge in [-0.3, -0.25) is 9.78 Å². The monoisotopic (exact) mass is 287 g/mol. The number of nitrogens with one attached hydrogen (secondary N) is 1. The second-order valence-corrected chi connectivity index (χ2v) is 5.35. The van der Waals surface area contributed by atoms with Crippen LogP contribution in [0, 0.1) is 0 Å². The summed E-state index contributed by atoms with van der Waals surface area (Å²) < 4.78 is 0. The van der Waals surface area contributed by atoms with Crippen molar-refractivity contribution < 1.29 is 4.79 Å². The summed E-state index contributed by atoms with van der Waals surface area (Å²) in [5, 5.41) is 3.15. The van der Waals surface area contributed by atoms with Crippen LogP contribution in [-0.2, 0) is 0 Å². The molecule has 0 atom stereocenters. The lowest BCUT2D eigenvalue weighted by Gasteiger charge is -2.08. The number of nitrogens with two attached hydrogens (primary N) is 1. The predicted octanol–water partition coefficient (Wildman–Crippen LogP) is 3.45. The third kappa shape index (κ3) is 2.75. The average molecular weight is 288 g/mol. The fourth-order valence-electron chi connectivity index (χ4n) is 2.02. The number of amides is 1. The number of nitrogens with zero attached hydrogens (tertiary/aromatic N) is 1. The first-order chi connectivity index (χ1) is 9.63. The molecule has 1 aliphatic carbocycles. The molecule has 1 saturated carbocycles. The average Bonchev–Trinajstić information content (AvgIpc) is 3.27. The Morgan fingerprint density at radius 1 is 1.30 bits per heavy atom. The van der Waals surface area contributed by atoms with Gasteiger partial charge in [0.1, 0.15) is 0 Å². The molecule has 1 aromatic carbocycles. The van der Waals surface area contributed by atoms with E-state index in [9.17, 15) is 4.79 Å². The molecular weight excluding hydrogens is 274 g/mol. The topological polar surface area (TPSA) is 68.0 Å². The van der Waals surface area contributed by atoms with Crippen molar-refractivity contribution in [3.63, 3.8) is 0 Å².